The number of carbonyl (C=O) groups excluding carboxylic acids is 1. The summed E-state index contributed by atoms with van der Waals surface area (Å²) in [6.07, 6.45) is 0. The van der Waals surface area contributed by atoms with Gasteiger partial charge in [0, 0.05) is 28.8 Å². The number of nitro benzene ring substituents is 1. The van der Waals surface area contributed by atoms with Gasteiger partial charge in [0.25, 0.3) is 11.6 Å². The van der Waals surface area contributed by atoms with Crippen molar-refractivity contribution in [2.24, 2.45) is 0 Å². The van der Waals surface area contributed by atoms with E-state index in [-0.39, 0.29) is 10.8 Å². The van der Waals surface area contributed by atoms with Crippen molar-refractivity contribution in [3.63, 3.8) is 0 Å². The van der Waals surface area contributed by atoms with Gasteiger partial charge < -0.3 is 14.8 Å². The van der Waals surface area contributed by atoms with Gasteiger partial charge in [-0.25, -0.2) is 0 Å². The molecule has 0 aromatic heterocycles. The fourth-order valence-corrected chi connectivity index (χ4v) is 2.78. The summed E-state index contributed by atoms with van der Waals surface area (Å²) in [6, 6.07) is 10.8. The van der Waals surface area contributed by atoms with E-state index in [1.54, 1.807) is 24.3 Å². The zero-order valence-electron chi connectivity index (χ0n) is 14.9. The lowest BCUT2D eigenvalue weighted by atomic mass is 10.2. The molecule has 1 amide bonds. The van der Waals surface area contributed by atoms with Crippen molar-refractivity contribution in [3.8, 4) is 5.75 Å². The molecule has 0 bridgehead atoms. The van der Waals surface area contributed by atoms with Gasteiger partial charge in [0.15, 0.2) is 5.11 Å². The summed E-state index contributed by atoms with van der Waals surface area (Å²) in [7, 11) is 0. The van der Waals surface area contributed by atoms with Crippen LogP contribution in [0.1, 0.15) is 17.3 Å². The van der Waals surface area contributed by atoms with Gasteiger partial charge in [-0.3, -0.25) is 20.2 Å². The molecule has 0 aliphatic rings. The number of halogens is 1. The van der Waals surface area contributed by atoms with E-state index in [0.717, 1.165) is 0 Å². The average Bonchev–Trinajstić information content (AvgIpc) is 2.67. The van der Waals surface area contributed by atoms with E-state index in [1.165, 1.54) is 18.2 Å². The lowest BCUT2D eigenvalue weighted by Gasteiger charge is -2.11. The molecule has 0 heterocycles. The Bertz CT molecular complexity index is 861. The van der Waals surface area contributed by atoms with E-state index in [0.29, 0.717) is 41.3 Å². The first-order valence-electron chi connectivity index (χ1n) is 8.27. The quantitative estimate of drug-likeness (QED) is 0.262. The van der Waals surface area contributed by atoms with Gasteiger partial charge in [0.1, 0.15) is 12.4 Å². The number of rotatable bonds is 8. The number of nitrogens with zero attached hydrogens (tertiary/aromatic N) is 1. The van der Waals surface area contributed by atoms with Crippen LogP contribution in [0.5, 0.6) is 5.75 Å². The predicted octanol–water partition coefficient (Wildman–Crippen LogP) is 3.90. The fourth-order valence-electron chi connectivity index (χ4n) is 2.11. The van der Waals surface area contributed by atoms with Crippen LogP contribution in [0.15, 0.2) is 46.9 Å². The lowest BCUT2D eigenvalue weighted by Crippen LogP contribution is -2.34. The van der Waals surface area contributed by atoms with Crippen LogP contribution in [-0.2, 0) is 4.74 Å². The third-order valence-corrected chi connectivity index (χ3v) is 4.32. The minimum Gasteiger partial charge on any atom is -0.491 e. The van der Waals surface area contributed by atoms with E-state index >= 15 is 0 Å². The highest BCUT2D eigenvalue weighted by Gasteiger charge is 2.12. The molecule has 0 unspecified atom stereocenters. The third kappa shape index (κ3) is 6.55. The summed E-state index contributed by atoms with van der Waals surface area (Å²) in [5.41, 5.74) is 0.842. The maximum Gasteiger partial charge on any atom is 0.270 e. The van der Waals surface area contributed by atoms with Crippen molar-refractivity contribution in [1.29, 1.82) is 0 Å². The minimum absolute atomic E-state index is 0.0593. The van der Waals surface area contributed by atoms with Gasteiger partial charge in [-0.2, -0.15) is 0 Å². The molecule has 2 N–H and O–H groups in total. The number of hydrogen-bond acceptors (Lipinski definition) is 6. The summed E-state index contributed by atoms with van der Waals surface area (Å²) in [5.74, 6) is 0.239. The largest absolute Gasteiger partial charge is 0.491 e. The Hall–Kier alpha value is -2.56. The second-order valence-electron chi connectivity index (χ2n) is 5.40. The first kappa shape index (κ1) is 21.7. The maximum atomic E-state index is 12.3. The van der Waals surface area contributed by atoms with E-state index in [4.69, 9.17) is 21.7 Å². The van der Waals surface area contributed by atoms with Crippen molar-refractivity contribution in [3.05, 3.63) is 62.6 Å². The van der Waals surface area contributed by atoms with Crippen LogP contribution in [0.25, 0.3) is 0 Å². The number of benzene rings is 2. The number of ether oxygens (including phenoxy) is 2. The highest BCUT2D eigenvalue weighted by Crippen LogP contribution is 2.27. The molecule has 2 aromatic carbocycles. The van der Waals surface area contributed by atoms with Crippen molar-refractivity contribution < 1.29 is 19.2 Å². The summed E-state index contributed by atoms with van der Waals surface area (Å²) in [6.45, 7) is 3.47. The van der Waals surface area contributed by atoms with E-state index in [1.807, 2.05) is 6.92 Å². The average molecular weight is 468 g/mol. The summed E-state index contributed by atoms with van der Waals surface area (Å²) in [4.78, 5) is 22.5. The molecule has 0 aliphatic heterocycles. The van der Waals surface area contributed by atoms with Crippen LogP contribution < -0.4 is 15.4 Å². The van der Waals surface area contributed by atoms with Crippen molar-refractivity contribution in [2.75, 3.05) is 25.1 Å². The lowest BCUT2D eigenvalue weighted by molar-refractivity contribution is -0.384. The van der Waals surface area contributed by atoms with E-state index in [9.17, 15) is 14.9 Å². The predicted molar refractivity (Wildman–Crippen MR) is 113 cm³/mol. The van der Waals surface area contributed by atoms with Crippen LogP contribution in [0.3, 0.4) is 0 Å². The number of thiocarbonyl (C=S) groups is 1. The van der Waals surface area contributed by atoms with Gasteiger partial charge in [-0.15, -0.1) is 0 Å². The highest BCUT2D eigenvalue weighted by molar-refractivity contribution is 9.10. The van der Waals surface area contributed by atoms with E-state index < -0.39 is 10.8 Å². The van der Waals surface area contributed by atoms with Crippen molar-refractivity contribution in [2.45, 2.75) is 6.92 Å². The SMILES string of the molecule is CCOCCOc1ccc(C(=O)NC(=S)Nc2ccc([N+](=O)[O-])cc2Br)cc1. The number of carbonyl (C=O) groups is 1. The molecule has 10 heteroatoms. The van der Waals surface area contributed by atoms with Gasteiger partial charge >= 0.3 is 0 Å². The number of amides is 1. The maximum absolute atomic E-state index is 12.3. The molecule has 0 spiro atoms. The molecule has 0 atom stereocenters. The normalized spacial score (nSPS) is 10.2. The first-order valence-corrected chi connectivity index (χ1v) is 9.47. The molecule has 148 valence electrons. The number of anilines is 1. The molecule has 0 radical (unpaired) electrons. The smallest absolute Gasteiger partial charge is 0.270 e. The molecule has 8 nitrogen and oxygen atoms in total. The molecule has 0 fully saturated rings. The van der Waals surface area contributed by atoms with Gasteiger partial charge in [0.05, 0.1) is 17.2 Å². The Morgan fingerprint density at radius 1 is 1.21 bits per heavy atom. The minimum atomic E-state index is -0.501. The topological polar surface area (TPSA) is 103 Å². The summed E-state index contributed by atoms with van der Waals surface area (Å²) >= 11 is 8.36. The molecule has 0 aliphatic carbocycles. The molecule has 0 saturated carbocycles. The molecule has 2 rings (SSSR count). The van der Waals surface area contributed by atoms with Crippen LogP contribution in [0, 0.1) is 10.1 Å². The second kappa shape index (κ2) is 10.7. The molecule has 28 heavy (non-hydrogen) atoms. The van der Waals surface area contributed by atoms with Crippen LogP contribution in [-0.4, -0.2) is 35.8 Å². The Morgan fingerprint density at radius 2 is 1.93 bits per heavy atom. The van der Waals surface area contributed by atoms with Gasteiger partial charge in [-0.05, 0) is 65.4 Å². The standard InChI is InChI=1S/C18H18BrN3O5S/c1-2-26-9-10-27-14-6-3-12(4-7-14)17(23)21-18(28)20-16-8-5-13(22(24)25)11-15(16)19/h3-8,11H,2,9-10H2,1H3,(H2,20,21,23,28). The zero-order valence-corrected chi connectivity index (χ0v) is 17.3. The summed E-state index contributed by atoms with van der Waals surface area (Å²) < 4.78 is 11.1. The molecule has 0 saturated heterocycles. The van der Waals surface area contributed by atoms with Gasteiger partial charge in [0.2, 0.25) is 0 Å². The monoisotopic (exact) mass is 467 g/mol. The highest BCUT2D eigenvalue weighted by atomic mass is 79.9. The Labute approximate surface area is 175 Å². The van der Waals surface area contributed by atoms with Crippen LogP contribution in [0.2, 0.25) is 0 Å². The fraction of sp³-hybridized carbons (Fsp3) is 0.222. The Balaban J connectivity index is 1.90. The number of non-ortho nitro benzene ring substituents is 1. The number of nitro groups is 1. The third-order valence-electron chi connectivity index (χ3n) is 3.46. The number of nitrogens with one attached hydrogen (secondary N) is 2. The number of hydrogen-bond donors (Lipinski definition) is 2. The van der Waals surface area contributed by atoms with Crippen molar-refractivity contribution in [1.82, 2.24) is 5.32 Å². The van der Waals surface area contributed by atoms with Crippen LogP contribution >= 0.6 is 28.1 Å². The second-order valence-corrected chi connectivity index (χ2v) is 6.66. The summed E-state index contributed by atoms with van der Waals surface area (Å²) in [5, 5.41) is 16.2. The Kier molecular flexibility index (Phi) is 8.30. The molecular formula is C18H18BrN3O5S. The van der Waals surface area contributed by atoms with Crippen LogP contribution in [0.4, 0.5) is 11.4 Å². The first-order chi connectivity index (χ1) is 13.4. The van der Waals surface area contributed by atoms with E-state index in [2.05, 4.69) is 26.6 Å². The Morgan fingerprint density at radius 3 is 2.54 bits per heavy atom. The zero-order chi connectivity index (χ0) is 20.5. The molecular weight excluding hydrogens is 450 g/mol. The van der Waals surface area contributed by atoms with Crippen molar-refractivity contribution >= 4 is 50.5 Å². The molecule has 2 aromatic rings. The van der Waals surface area contributed by atoms with Gasteiger partial charge in [-0.1, -0.05) is 0 Å².